The molecule has 9 heteroatoms. The number of aromatic nitrogens is 2. The molecule has 0 unspecified atom stereocenters. The van der Waals surface area contributed by atoms with Crippen molar-refractivity contribution in [3.8, 4) is 5.75 Å². The first-order valence-corrected chi connectivity index (χ1v) is 10.5. The third-order valence-corrected chi connectivity index (χ3v) is 6.94. The van der Waals surface area contributed by atoms with Crippen LogP contribution in [0.1, 0.15) is 18.4 Å². The average molecular weight is 376 g/mol. The second kappa shape index (κ2) is 6.72. The van der Waals surface area contributed by atoms with Crippen LogP contribution in [0.3, 0.4) is 0 Å². The highest BCUT2D eigenvalue weighted by Gasteiger charge is 2.39. The van der Waals surface area contributed by atoms with Gasteiger partial charge in [-0.05, 0) is 42.3 Å². The van der Waals surface area contributed by atoms with E-state index in [1.807, 2.05) is 12.3 Å². The van der Waals surface area contributed by atoms with E-state index in [2.05, 4.69) is 9.97 Å². The molecule has 1 aliphatic carbocycles. The number of methoxy groups -OCH3 is 1. The molecule has 3 heterocycles. The van der Waals surface area contributed by atoms with Crippen LogP contribution in [0.25, 0.3) is 16.6 Å². The van der Waals surface area contributed by atoms with Gasteiger partial charge in [0.05, 0.1) is 24.3 Å². The predicted molar refractivity (Wildman–Crippen MR) is 99.4 cm³/mol. The van der Waals surface area contributed by atoms with E-state index in [0.717, 1.165) is 35.0 Å². The first-order chi connectivity index (χ1) is 12.5. The second-order valence-electron chi connectivity index (χ2n) is 7.01. The number of rotatable bonds is 6. The maximum Gasteiger partial charge on any atom is 0.552 e. The maximum atomic E-state index is 12.1. The monoisotopic (exact) mass is 376 g/mol. The summed E-state index contributed by atoms with van der Waals surface area (Å²) < 4.78 is 34.6. The smallest absolute Gasteiger partial charge is 0.531 e. The van der Waals surface area contributed by atoms with Crippen molar-refractivity contribution in [1.82, 2.24) is 9.97 Å². The summed E-state index contributed by atoms with van der Waals surface area (Å²) in [5, 5.41) is 11.0. The van der Waals surface area contributed by atoms with E-state index in [1.54, 1.807) is 12.2 Å². The van der Waals surface area contributed by atoms with Gasteiger partial charge in [-0.25, -0.2) is 13.4 Å². The number of hydrogen-bond donors (Lipinski definition) is 2. The lowest BCUT2D eigenvalue weighted by Gasteiger charge is -2.38. The van der Waals surface area contributed by atoms with Crippen LogP contribution in [0, 0.1) is 11.8 Å². The van der Waals surface area contributed by atoms with Gasteiger partial charge < -0.3 is 19.4 Å². The Labute approximate surface area is 152 Å². The minimum atomic E-state index is -3.09. The van der Waals surface area contributed by atoms with Crippen LogP contribution in [0.4, 0.5) is 0 Å². The normalized spacial score (nSPS) is 22.5. The molecule has 0 bridgehead atoms. The zero-order chi connectivity index (χ0) is 18.3. The quantitative estimate of drug-likeness (QED) is 0.740. The highest BCUT2D eigenvalue weighted by Crippen LogP contribution is 2.48. The van der Waals surface area contributed by atoms with E-state index >= 15 is 0 Å². The van der Waals surface area contributed by atoms with Crippen molar-refractivity contribution in [2.75, 3.05) is 25.2 Å². The Morgan fingerprint density at radius 2 is 2.27 bits per heavy atom. The van der Waals surface area contributed by atoms with Crippen molar-refractivity contribution in [3.63, 3.8) is 0 Å². The molecular formula is C17H21BN2O5S. The number of H-pyrrole nitrogens is 1. The lowest BCUT2D eigenvalue weighted by Crippen LogP contribution is -2.34. The van der Waals surface area contributed by atoms with E-state index < -0.39 is 17.0 Å². The molecule has 2 aliphatic rings. The summed E-state index contributed by atoms with van der Waals surface area (Å²) in [6.45, 7) is 0.235. The lowest BCUT2D eigenvalue weighted by atomic mass is 9.66. The van der Waals surface area contributed by atoms with Crippen LogP contribution in [0.5, 0.6) is 5.75 Å². The molecule has 0 aromatic carbocycles. The summed E-state index contributed by atoms with van der Waals surface area (Å²) in [5.41, 5.74) is 2.75. The van der Waals surface area contributed by atoms with Crippen LogP contribution in [-0.4, -0.2) is 55.8 Å². The SMILES string of the molecule is COCCS(=O)(=O)CC1CC(C2=CB(O)Oc3cnc4[nH]ccc4c32)C1. The summed E-state index contributed by atoms with van der Waals surface area (Å²) in [6, 6.07) is 1.95. The zero-order valence-corrected chi connectivity index (χ0v) is 15.3. The first-order valence-electron chi connectivity index (χ1n) is 8.69. The standard InChI is InChI=1S/C17H21BN2O5S/c1-24-4-5-26(22,23)10-11-6-12(7-11)14-8-18(21)25-15-9-20-17-13(16(14)15)2-3-19-17/h2-3,8-9,11-12,21H,4-7,10H2,1H3,(H,19,20). The molecule has 0 spiro atoms. The van der Waals surface area contributed by atoms with Crippen LogP contribution < -0.4 is 4.65 Å². The largest absolute Gasteiger partial charge is 0.552 e. The fraction of sp³-hybridized carbons (Fsp3) is 0.471. The van der Waals surface area contributed by atoms with E-state index in [0.29, 0.717) is 5.75 Å². The number of aromatic amines is 1. The van der Waals surface area contributed by atoms with Crippen LogP contribution in [0.2, 0.25) is 0 Å². The number of allylic oxidation sites excluding steroid dienone is 1. The molecule has 0 saturated heterocycles. The van der Waals surface area contributed by atoms with Gasteiger partial charge in [0.15, 0.2) is 9.84 Å². The van der Waals surface area contributed by atoms with Gasteiger partial charge in [-0.1, -0.05) is 0 Å². The fourth-order valence-electron chi connectivity index (χ4n) is 3.90. The average Bonchev–Trinajstić information content (AvgIpc) is 3.03. The summed E-state index contributed by atoms with van der Waals surface area (Å²) in [5.74, 6) is 2.93. The van der Waals surface area contributed by atoms with Gasteiger partial charge in [0.1, 0.15) is 11.4 Å². The summed E-state index contributed by atoms with van der Waals surface area (Å²) in [4.78, 5) is 7.40. The van der Waals surface area contributed by atoms with Gasteiger partial charge in [0.25, 0.3) is 0 Å². The van der Waals surface area contributed by atoms with Crippen molar-refractivity contribution < 1.29 is 22.8 Å². The van der Waals surface area contributed by atoms with Crippen molar-refractivity contribution in [3.05, 3.63) is 30.0 Å². The summed E-state index contributed by atoms with van der Waals surface area (Å²) >= 11 is 0. The molecule has 1 aliphatic heterocycles. The van der Waals surface area contributed by atoms with Crippen molar-refractivity contribution in [2.24, 2.45) is 11.8 Å². The van der Waals surface area contributed by atoms with Gasteiger partial charge in [0.2, 0.25) is 0 Å². The molecule has 0 radical (unpaired) electrons. The Bertz CT molecular complexity index is 949. The maximum absolute atomic E-state index is 12.1. The molecule has 138 valence electrons. The van der Waals surface area contributed by atoms with E-state index in [1.165, 1.54) is 7.11 Å². The molecule has 1 fully saturated rings. The lowest BCUT2D eigenvalue weighted by molar-refractivity contribution is 0.216. The predicted octanol–water partition coefficient (Wildman–Crippen LogP) is 1.45. The Balaban J connectivity index is 1.52. The van der Waals surface area contributed by atoms with Crippen molar-refractivity contribution in [1.29, 1.82) is 0 Å². The minimum Gasteiger partial charge on any atom is -0.531 e. The van der Waals surface area contributed by atoms with E-state index in [4.69, 9.17) is 9.39 Å². The number of fused-ring (bicyclic) bond motifs is 3. The van der Waals surface area contributed by atoms with Crippen LogP contribution in [-0.2, 0) is 14.6 Å². The van der Waals surface area contributed by atoms with Crippen molar-refractivity contribution >= 4 is 33.6 Å². The minimum absolute atomic E-state index is 0.0678. The van der Waals surface area contributed by atoms with Gasteiger partial charge in [-0.15, -0.1) is 0 Å². The Kier molecular flexibility index (Phi) is 4.54. The molecule has 7 nitrogen and oxygen atoms in total. The molecule has 26 heavy (non-hydrogen) atoms. The van der Waals surface area contributed by atoms with Gasteiger partial charge in [0, 0.05) is 24.3 Å². The zero-order valence-electron chi connectivity index (χ0n) is 14.5. The Morgan fingerprint density at radius 1 is 1.46 bits per heavy atom. The van der Waals surface area contributed by atoms with E-state index in [9.17, 15) is 13.4 Å². The summed E-state index contributed by atoms with van der Waals surface area (Å²) in [6.07, 6.45) is 5.03. The van der Waals surface area contributed by atoms with Gasteiger partial charge in [-0.3, -0.25) is 0 Å². The molecule has 0 amide bonds. The molecule has 1 saturated carbocycles. The topological polar surface area (TPSA) is 102 Å². The number of pyridine rings is 1. The third kappa shape index (κ3) is 3.26. The molecule has 2 aromatic heterocycles. The Morgan fingerprint density at radius 3 is 3.04 bits per heavy atom. The highest BCUT2D eigenvalue weighted by atomic mass is 32.2. The fourth-order valence-corrected chi connectivity index (χ4v) is 5.47. The number of hydrogen-bond acceptors (Lipinski definition) is 6. The molecule has 2 aromatic rings. The van der Waals surface area contributed by atoms with Gasteiger partial charge in [-0.2, -0.15) is 0 Å². The van der Waals surface area contributed by atoms with Gasteiger partial charge >= 0.3 is 7.12 Å². The third-order valence-electron chi connectivity index (χ3n) is 5.17. The number of sulfone groups is 1. The number of nitrogens with one attached hydrogen (secondary N) is 1. The van der Waals surface area contributed by atoms with Crippen LogP contribution in [0.15, 0.2) is 24.4 Å². The molecular weight excluding hydrogens is 355 g/mol. The number of nitrogens with zero attached hydrogens (tertiary/aromatic N) is 1. The van der Waals surface area contributed by atoms with E-state index in [-0.39, 0.29) is 29.9 Å². The molecule has 4 rings (SSSR count). The molecule has 0 atom stereocenters. The second-order valence-corrected chi connectivity index (χ2v) is 9.24. The first kappa shape index (κ1) is 17.6. The molecule has 2 N–H and O–H groups in total. The Hall–Kier alpha value is -1.84. The number of ether oxygens (including phenoxy) is 1. The van der Waals surface area contributed by atoms with Crippen molar-refractivity contribution in [2.45, 2.75) is 12.8 Å². The summed E-state index contributed by atoms with van der Waals surface area (Å²) in [7, 11) is -2.58. The highest BCUT2D eigenvalue weighted by molar-refractivity contribution is 7.91. The van der Waals surface area contributed by atoms with Crippen LogP contribution >= 0.6 is 0 Å².